The van der Waals surface area contributed by atoms with E-state index in [0.29, 0.717) is 0 Å². The van der Waals surface area contributed by atoms with E-state index in [1.807, 2.05) is 0 Å². The van der Waals surface area contributed by atoms with Crippen molar-refractivity contribution in [1.29, 1.82) is 0 Å². The Labute approximate surface area is 221 Å². The maximum Gasteiger partial charge on any atom is 0.257 e. The molecule has 0 aliphatic rings. The fraction of sp³-hybridized carbons (Fsp3) is 0.909. The van der Waals surface area contributed by atoms with Crippen molar-refractivity contribution in [2.45, 2.75) is 187 Å². The Bertz CT molecular complexity index is 507. The number of hydrogen-bond donors (Lipinski definition) is 1. The van der Waals surface area contributed by atoms with Gasteiger partial charge in [0.15, 0.2) is 0 Å². The van der Waals surface area contributed by atoms with E-state index in [2.05, 4.69) is 42.8 Å². The Kier molecular flexibility index (Phi) is 22.9. The van der Waals surface area contributed by atoms with Crippen LogP contribution in [0.3, 0.4) is 0 Å². The van der Waals surface area contributed by atoms with Crippen molar-refractivity contribution >= 4 is 0 Å². The molecule has 35 heavy (non-hydrogen) atoms. The van der Waals surface area contributed by atoms with E-state index in [0.717, 1.165) is 5.92 Å². The molecule has 1 rings (SSSR count). The minimum Gasteiger partial charge on any atom is -0.247 e. The van der Waals surface area contributed by atoms with E-state index in [4.69, 9.17) is 0 Å². The van der Waals surface area contributed by atoms with E-state index >= 15 is 0 Å². The van der Waals surface area contributed by atoms with Gasteiger partial charge >= 0.3 is 0 Å². The lowest BCUT2D eigenvalue weighted by Gasteiger charge is -2.13. The van der Waals surface area contributed by atoms with Gasteiger partial charge in [-0.25, -0.2) is 9.55 Å². The predicted molar refractivity (Wildman–Crippen MR) is 156 cm³/mol. The summed E-state index contributed by atoms with van der Waals surface area (Å²) in [6.45, 7) is 4.61. The molecule has 206 valence electrons. The van der Waals surface area contributed by atoms with Gasteiger partial charge in [-0.05, 0) is 12.8 Å². The summed E-state index contributed by atoms with van der Waals surface area (Å²) >= 11 is 0. The van der Waals surface area contributed by atoms with Crippen LogP contribution in [0.4, 0.5) is 0 Å². The van der Waals surface area contributed by atoms with Gasteiger partial charge in [0.25, 0.3) is 5.82 Å². The lowest BCUT2D eigenvalue weighted by molar-refractivity contribution is -0.679. The molecule has 1 aromatic heterocycles. The van der Waals surface area contributed by atoms with Crippen LogP contribution in [0.25, 0.3) is 0 Å². The molecule has 0 amide bonds. The number of H-pyrrole nitrogens is 1. The van der Waals surface area contributed by atoms with Gasteiger partial charge in [-0.15, -0.1) is 0 Å². The highest BCUT2D eigenvalue weighted by Crippen LogP contribution is 2.26. The summed E-state index contributed by atoms with van der Waals surface area (Å²) in [5.41, 5.74) is 0. The Morgan fingerprint density at radius 1 is 0.514 bits per heavy atom. The molecule has 0 bridgehead atoms. The molecule has 0 fully saturated rings. The number of aromatic nitrogens is 2. The highest BCUT2D eigenvalue weighted by atomic mass is 15.0. The zero-order chi connectivity index (χ0) is 25.2. The number of aryl methyl sites for hydroxylation is 1. The highest BCUT2D eigenvalue weighted by Gasteiger charge is 2.20. The highest BCUT2D eigenvalue weighted by molar-refractivity contribution is 4.89. The third kappa shape index (κ3) is 19.0. The molecule has 0 saturated carbocycles. The molecule has 0 atom stereocenters. The summed E-state index contributed by atoms with van der Waals surface area (Å²) in [5, 5.41) is 0. The average Bonchev–Trinajstić information content (AvgIpc) is 3.29. The zero-order valence-electron chi connectivity index (χ0n) is 24.6. The van der Waals surface area contributed by atoms with Crippen LogP contribution in [0.1, 0.15) is 193 Å². The molecule has 0 aliphatic heterocycles. The van der Waals surface area contributed by atoms with Crippen LogP contribution in [0, 0.1) is 0 Å². The van der Waals surface area contributed by atoms with Crippen molar-refractivity contribution in [3.63, 3.8) is 0 Å². The fourth-order valence-electron chi connectivity index (χ4n) is 5.70. The van der Waals surface area contributed by atoms with Gasteiger partial charge in [-0.3, -0.25) is 0 Å². The summed E-state index contributed by atoms with van der Waals surface area (Å²) in [6, 6.07) is 0. The number of hydrogen-bond acceptors (Lipinski definition) is 0. The number of rotatable bonds is 27. The fourth-order valence-corrected chi connectivity index (χ4v) is 5.70. The van der Waals surface area contributed by atoms with Crippen molar-refractivity contribution in [3.05, 3.63) is 18.2 Å². The van der Waals surface area contributed by atoms with Crippen LogP contribution >= 0.6 is 0 Å². The van der Waals surface area contributed by atoms with Crippen molar-refractivity contribution in [2.75, 3.05) is 0 Å². The SMILES string of the molecule is CCCCCCCCCCCCCCC(CCCCCCCCCCCCCC)c1[nH]cc[n+]1C. The van der Waals surface area contributed by atoms with E-state index in [-0.39, 0.29) is 0 Å². The summed E-state index contributed by atoms with van der Waals surface area (Å²) in [5.74, 6) is 2.18. The predicted octanol–water partition coefficient (Wildman–Crippen LogP) is 11.1. The van der Waals surface area contributed by atoms with E-state index in [9.17, 15) is 0 Å². The number of unbranched alkanes of at least 4 members (excludes halogenated alkanes) is 22. The normalized spacial score (nSPS) is 11.7. The first-order chi connectivity index (χ1) is 17.3. The molecule has 1 aromatic rings. The minimum atomic E-state index is 0.723. The van der Waals surface area contributed by atoms with E-state index in [1.165, 1.54) is 173 Å². The van der Waals surface area contributed by atoms with Gasteiger partial charge in [-0.2, -0.15) is 0 Å². The number of nitrogens with zero attached hydrogens (tertiary/aromatic N) is 1. The standard InChI is InChI=1S/C33H64N2/c1-4-6-8-10-12-14-16-18-20-22-24-26-28-32(33-34-30-31-35(33)3)29-27-25-23-21-19-17-15-13-11-9-7-5-2/h30-32H,4-29H2,1-3H3/p+1. The van der Waals surface area contributed by atoms with Crippen LogP contribution in [0.15, 0.2) is 12.4 Å². The van der Waals surface area contributed by atoms with Crippen LogP contribution < -0.4 is 4.57 Å². The third-order valence-corrected chi connectivity index (χ3v) is 8.11. The topological polar surface area (TPSA) is 19.7 Å². The van der Waals surface area contributed by atoms with Gasteiger partial charge in [0.1, 0.15) is 12.4 Å². The summed E-state index contributed by atoms with van der Waals surface area (Å²) < 4.78 is 2.33. The van der Waals surface area contributed by atoms with E-state index in [1.54, 1.807) is 0 Å². The first-order valence-electron chi connectivity index (χ1n) is 16.3. The maximum atomic E-state index is 3.56. The molecule has 0 saturated heterocycles. The first-order valence-corrected chi connectivity index (χ1v) is 16.3. The van der Waals surface area contributed by atoms with Crippen LogP contribution in [-0.2, 0) is 7.05 Å². The van der Waals surface area contributed by atoms with Crippen molar-refractivity contribution in [1.82, 2.24) is 4.98 Å². The van der Waals surface area contributed by atoms with Gasteiger partial charge in [0, 0.05) is 0 Å². The smallest absolute Gasteiger partial charge is 0.247 e. The second kappa shape index (κ2) is 24.9. The van der Waals surface area contributed by atoms with Crippen LogP contribution in [0.2, 0.25) is 0 Å². The second-order valence-corrected chi connectivity index (χ2v) is 11.5. The number of aromatic amines is 1. The molecule has 1 N–H and O–H groups in total. The van der Waals surface area contributed by atoms with Crippen molar-refractivity contribution in [3.8, 4) is 0 Å². The lowest BCUT2D eigenvalue weighted by atomic mass is 9.93. The quantitative estimate of drug-likeness (QED) is 0.0936. The minimum absolute atomic E-state index is 0.723. The van der Waals surface area contributed by atoms with E-state index < -0.39 is 0 Å². The molecule has 2 heteroatoms. The zero-order valence-corrected chi connectivity index (χ0v) is 24.6. The molecule has 0 aromatic carbocycles. The second-order valence-electron chi connectivity index (χ2n) is 11.5. The van der Waals surface area contributed by atoms with Gasteiger partial charge in [-0.1, -0.05) is 168 Å². The average molecular weight is 490 g/mol. The molecular formula is C33H65N2+. The maximum absolute atomic E-state index is 3.56. The Balaban J connectivity index is 2.05. The molecule has 0 aliphatic carbocycles. The van der Waals surface area contributed by atoms with Gasteiger partial charge in [0.05, 0.1) is 13.0 Å². The summed E-state index contributed by atoms with van der Waals surface area (Å²) in [6.07, 6.45) is 41.6. The Morgan fingerprint density at radius 3 is 1.11 bits per heavy atom. The Hall–Kier alpha value is -0.790. The van der Waals surface area contributed by atoms with Crippen molar-refractivity contribution in [2.24, 2.45) is 7.05 Å². The van der Waals surface area contributed by atoms with Gasteiger partial charge < -0.3 is 0 Å². The Morgan fingerprint density at radius 2 is 0.829 bits per heavy atom. The summed E-state index contributed by atoms with van der Waals surface area (Å²) in [4.78, 5) is 3.56. The summed E-state index contributed by atoms with van der Waals surface area (Å²) in [7, 11) is 2.21. The molecule has 0 unspecified atom stereocenters. The number of nitrogens with one attached hydrogen (secondary N) is 1. The van der Waals surface area contributed by atoms with Gasteiger partial charge in [0.2, 0.25) is 0 Å². The monoisotopic (exact) mass is 490 g/mol. The molecule has 0 spiro atoms. The molecule has 2 nitrogen and oxygen atoms in total. The largest absolute Gasteiger partial charge is 0.257 e. The van der Waals surface area contributed by atoms with Crippen LogP contribution in [-0.4, -0.2) is 4.98 Å². The number of imidazole rings is 1. The van der Waals surface area contributed by atoms with Crippen molar-refractivity contribution < 1.29 is 4.57 Å². The molecule has 1 heterocycles. The third-order valence-electron chi connectivity index (χ3n) is 8.11. The first kappa shape index (κ1) is 32.2. The van der Waals surface area contributed by atoms with Crippen LogP contribution in [0.5, 0.6) is 0 Å². The molecular weight excluding hydrogens is 424 g/mol. The molecule has 0 radical (unpaired) electrons. The lowest BCUT2D eigenvalue weighted by Crippen LogP contribution is -2.32.